The lowest BCUT2D eigenvalue weighted by molar-refractivity contribution is -0.135. The second kappa shape index (κ2) is 5.55. The number of esters is 1. The molecule has 1 aliphatic rings. The van der Waals surface area contributed by atoms with Crippen LogP contribution in [0.5, 0.6) is 0 Å². The van der Waals surface area contributed by atoms with Gasteiger partial charge in [0.15, 0.2) is 4.91 Å². The van der Waals surface area contributed by atoms with Gasteiger partial charge in [-0.3, -0.25) is 0 Å². The van der Waals surface area contributed by atoms with E-state index in [0.717, 1.165) is 18.4 Å². The molecule has 118 valence electrons. The van der Waals surface area contributed by atoms with Gasteiger partial charge in [-0.2, -0.15) is 0 Å². The molecule has 0 radical (unpaired) electrons. The van der Waals surface area contributed by atoms with Gasteiger partial charge in [0.05, 0.1) is 17.7 Å². The van der Waals surface area contributed by atoms with Crippen LogP contribution >= 0.6 is 0 Å². The van der Waals surface area contributed by atoms with E-state index >= 15 is 0 Å². The second-order valence-electron chi connectivity index (χ2n) is 5.17. The average molecular weight is 329 g/mol. The minimum atomic E-state index is -3.90. The second-order valence-corrected chi connectivity index (χ2v) is 7.05. The predicted octanol–water partition coefficient (Wildman–Crippen LogP) is 2.93. The van der Waals surface area contributed by atoms with Crippen LogP contribution in [-0.4, -0.2) is 21.5 Å². The summed E-state index contributed by atoms with van der Waals surface area (Å²) < 4.78 is 29.9. The molecule has 23 heavy (non-hydrogen) atoms. The highest BCUT2D eigenvalue weighted by atomic mass is 32.2. The van der Waals surface area contributed by atoms with Crippen LogP contribution in [0.3, 0.4) is 0 Å². The van der Waals surface area contributed by atoms with E-state index in [1.54, 1.807) is 23.1 Å². The molecule has 3 rings (SSSR count). The van der Waals surface area contributed by atoms with Gasteiger partial charge in [0.25, 0.3) is 0 Å². The average Bonchev–Trinajstić information content (AvgIpc) is 2.54. The van der Waals surface area contributed by atoms with Gasteiger partial charge in [0.1, 0.15) is 0 Å². The first-order valence-corrected chi connectivity index (χ1v) is 8.43. The molecule has 1 aliphatic heterocycles. The summed E-state index contributed by atoms with van der Waals surface area (Å²) in [5, 5.41) is 0. The molecular formula is C17H15NO4S. The van der Waals surface area contributed by atoms with Gasteiger partial charge in [0.2, 0.25) is 9.84 Å². The summed E-state index contributed by atoms with van der Waals surface area (Å²) in [6.07, 6.45) is 1.32. The molecule has 0 aromatic heterocycles. The van der Waals surface area contributed by atoms with E-state index in [0.29, 0.717) is 5.69 Å². The number of carbonyl (C=O) groups excluding carboxylic acids is 1. The number of anilines is 2. The van der Waals surface area contributed by atoms with Crippen molar-refractivity contribution in [2.24, 2.45) is 0 Å². The van der Waals surface area contributed by atoms with Crippen molar-refractivity contribution in [2.45, 2.75) is 11.8 Å². The standard InChI is InChI=1S/C17H15NO4S/c1-12-6-5-7-13(10-12)18-11-16(17(19)22-2)23(20,21)15-9-4-3-8-14(15)18/h3-11H,1-2H3. The van der Waals surface area contributed by atoms with Gasteiger partial charge in [0, 0.05) is 11.9 Å². The molecule has 0 N–H and O–H groups in total. The fraction of sp³-hybridized carbons (Fsp3) is 0.118. The molecule has 1 heterocycles. The van der Waals surface area contributed by atoms with Crippen molar-refractivity contribution in [3.8, 4) is 0 Å². The highest BCUT2D eigenvalue weighted by Gasteiger charge is 2.36. The Labute approximate surface area is 134 Å². The zero-order chi connectivity index (χ0) is 16.6. The van der Waals surface area contributed by atoms with Crippen LogP contribution < -0.4 is 4.90 Å². The first-order chi connectivity index (χ1) is 10.9. The van der Waals surface area contributed by atoms with Gasteiger partial charge in [-0.1, -0.05) is 24.3 Å². The zero-order valence-corrected chi connectivity index (χ0v) is 13.5. The molecule has 2 aromatic carbocycles. The van der Waals surface area contributed by atoms with E-state index in [4.69, 9.17) is 0 Å². The predicted molar refractivity (Wildman–Crippen MR) is 87.0 cm³/mol. The van der Waals surface area contributed by atoms with Crippen LogP contribution in [0.1, 0.15) is 5.56 Å². The minimum Gasteiger partial charge on any atom is -0.465 e. The Morgan fingerprint density at radius 3 is 2.52 bits per heavy atom. The van der Waals surface area contributed by atoms with Gasteiger partial charge in [-0.25, -0.2) is 13.2 Å². The van der Waals surface area contributed by atoms with Crippen molar-refractivity contribution < 1.29 is 17.9 Å². The summed E-state index contributed by atoms with van der Waals surface area (Å²) >= 11 is 0. The Balaban J connectivity index is 2.28. The number of carbonyl (C=O) groups is 1. The summed E-state index contributed by atoms with van der Waals surface area (Å²) in [5.41, 5.74) is 2.31. The van der Waals surface area contributed by atoms with Crippen molar-refractivity contribution in [1.82, 2.24) is 0 Å². The number of ether oxygens (including phenoxy) is 1. The third-order valence-electron chi connectivity index (χ3n) is 3.62. The summed E-state index contributed by atoms with van der Waals surface area (Å²) in [4.78, 5) is 13.3. The van der Waals surface area contributed by atoms with E-state index in [-0.39, 0.29) is 9.80 Å². The molecule has 0 bridgehead atoms. The Morgan fingerprint density at radius 1 is 1.09 bits per heavy atom. The van der Waals surface area contributed by atoms with Gasteiger partial charge in [-0.15, -0.1) is 0 Å². The smallest absolute Gasteiger partial charge is 0.351 e. The van der Waals surface area contributed by atoms with E-state index in [2.05, 4.69) is 4.74 Å². The van der Waals surface area contributed by atoms with Crippen molar-refractivity contribution in [3.05, 3.63) is 65.2 Å². The molecule has 0 atom stereocenters. The molecule has 0 saturated carbocycles. The highest BCUT2D eigenvalue weighted by Crippen LogP contribution is 2.39. The third-order valence-corrected chi connectivity index (χ3v) is 5.39. The molecule has 0 unspecified atom stereocenters. The first kappa shape index (κ1) is 15.3. The first-order valence-electron chi connectivity index (χ1n) is 6.95. The van der Waals surface area contributed by atoms with Gasteiger partial charge in [-0.05, 0) is 36.8 Å². The molecule has 0 amide bonds. The van der Waals surface area contributed by atoms with E-state index in [9.17, 15) is 13.2 Å². The van der Waals surface area contributed by atoms with Crippen molar-refractivity contribution >= 4 is 27.2 Å². The van der Waals surface area contributed by atoms with Crippen LogP contribution in [0.25, 0.3) is 0 Å². The monoisotopic (exact) mass is 329 g/mol. The third kappa shape index (κ3) is 2.51. The lowest BCUT2D eigenvalue weighted by Gasteiger charge is -2.28. The minimum absolute atomic E-state index is 0.0874. The maximum absolute atomic E-state index is 12.7. The normalized spacial score (nSPS) is 15.6. The van der Waals surface area contributed by atoms with Crippen LogP contribution in [0, 0.1) is 6.92 Å². The molecular weight excluding hydrogens is 314 g/mol. The van der Waals surface area contributed by atoms with E-state index in [1.807, 2.05) is 31.2 Å². The van der Waals surface area contributed by atoms with Crippen LogP contribution in [0.2, 0.25) is 0 Å². The Kier molecular flexibility index (Phi) is 3.69. The number of methoxy groups -OCH3 is 1. The Hall–Kier alpha value is -2.60. The summed E-state index contributed by atoms with van der Waals surface area (Å²) in [5.74, 6) is -0.878. The molecule has 2 aromatic rings. The lowest BCUT2D eigenvalue weighted by atomic mass is 10.2. The van der Waals surface area contributed by atoms with Crippen molar-refractivity contribution in [2.75, 3.05) is 12.0 Å². The van der Waals surface area contributed by atoms with Gasteiger partial charge < -0.3 is 9.64 Å². The van der Waals surface area contributed by atoms with Crippen LogP contribution in [0.15, 0.2) is 64.5 Å². The fourth-order valence-corrected chi connectivity index (χ4v) is 4.00. The lowest BCUT2D eigenvalue weighted by Crippen LogP contribution is -2.26. The van der Waals surface area contributed by atoms with Gasteiger partial charge >= 0.3 is 5.97 Å². The quantitative estimate of drug-likeness (QED) is 0.793. The molecule has 0 aliphatic carbocycles. The number of hydrogen-bond donors (Lipinski definition) is 0. The van der Waals surface area contributed by atoms with Crippen molar-refractivity contribution in [1.29, 1.82) is 0 Å². The maximum Gasteiger partial charge on any atom is 0.351 e. The number of rotatable bonds is 2. The number of hydrogen-bond acceptors (Lipinski definition) is 5. The zero-order valence-electron chi connectivity index (χ0n) is 12.7. The maximum atomic E-state index is 12.7. The Bertz CT molecular complexity index is 916. The number of para-hydroxylation sites is 1. The molecule has 0 spiro atoms. The largest absolute Gasteiger partial charge is 0.465 e. The molecule has 5 nitrogen and oxygen atoms in total. The topological polar surface area (TPSA) is 63.7 Å². The number of aryl methyl sites for hydroxylation is 1. The van der Waals surface area contributed by atoms with E-state index < -0.39 is 15.8 Å². The Morgan fingerprint density at radius 2 is 1.83 bits per heavy atom. The fourth-order valence-electron chi connectivity index (χ4n) is 2.51. The van der Waals surface area contributed by atoms with Crippen LogP contribution in [0.4, 0.5) is 11.4 Å². The number of sulfone groups is 1. The number of benzene rings is 2. The van der Waals surface area contributed by atoms with E-state index in [1.165, 1.54) is 12.3 Å². The highest BCUT2D eigenvalue weighted by molar-refractivity contribution is 7.96. The van der Waals surface area contributed by atoms with Crippen LogP contribution in [-0.2, 0) is 19.4 Å². The molecule has 0 fully saturated rings. The number of fused-ring (bicyclic) bond motifs is 1. The summed E-state index contributed by atoms with van der Waals surface area (Å²) in [6, 6.07) is 14.2. The SMILES string of the molecule is COC(=O)C1=CN(c2cccc(C)c2)c2ccccc2S1(=O)=O. The summed E-state index contributed by atoms with van der Waals surface area (Å²) in [6.45, 7) is 1.95. The van der Waals surface area contributed by atoms with Crippen molar-refractivity contribution in [3.63, 3.8) is 0 Å². The number of nitrogens with zero attached hydrogens (tertiary/aromatic N) is 1. The molecule has 6 heteroatoms. The molecule has 0 saturated heterocycles. The summed E-state index contributed by atoms with van der Waals surface area (Å²) in [7, 11) is -2.74.